The Labute approximate surface area is 124 Å². The topological polar surface area (TPSA) is 75.6 Å². The van der Waals surface area contributed by atoms with Crippen molar-refractivity contribution in [1.29, 1.82) is 0 Å². The molecule has 3 unspecified atom stereocenters. The molecule has 1 saturated carbocycles. The van der Waals surface area contributed by atoms with Gasteiger partial charge in [-0.2, -0.15) is 0 Å². The lowest BCUT2D eigenvalue weighted by Gasteiger charge is -2.25. The Bertz CT molecular complexity index is 516. The van der Waals surface area contributed by atoms with E-state index in [-0.39, 0.29) is 24.5 Å². The van der Waals surface area contributed by atoms with Crippen LogP contribution in [0.25, 0.3) is 0 Å². The smallest absolute Gasteiger partial charge is 0.315 e. The van der Waals surface area contributed by atoms with Gasteiger partial charge in [-0.3, -0.25) is 9.59 Å². The van der Waals surface area contributed by atoms with Gasteiger partial charge < -0.3 is 15.2 Å². The summed E-state index contributed by atoms with van der Waals surface area (Å²) >= 11 is 0. The molecule has 1 amide bonds. The van der Waals surface area contributed by atoms with E-state index >= 15 is 0 Å². The lowest BCUT2D eigenvalue weighted by Crippen LogP contribution is -2.45. The van der Waals surface area contributed by atoms with E-state index in [9.17, 15) is 14.7 Å². The Morgan fingerprint density at radius 1 is 1.38 bits per heavy atom. The highest BCUT2D eigenvalue weighted by Gasteiger charge is 2.45. The van der Waals surface area contributed by atoms with Crippen LogP contribution in [-0.2, 0) is 19.7 Å². The fourth-order valence-corrected chi connectivity index (χ4v) is 2.35. The number of hydrogen-bond donors (Lipinski definition) is 2. The van der Waals surface area contributed by atoms with E-state index in [1.807, 2.05) is 13.0 Å². The zero-order chi connectivity index (χ0) is 15.5. The average Bonchev–Trinajstić information content (AvgIpc) is 3.25. The molecule has 0 radical (unpaired) electrons. The molecule has 0 saturated heterocycles. The summed E-state index contributed by atoms with van der Waals surface area (Å²) in [6, 6.07) is 8.96. The SMILES string of the molecule is CCOC1CC1C(=O)NCC(C)(C(=O)O)c1ccccc1. The maximum Gasteiger partial charge on any atom is 0.315 e. The number of benzene rings is 1. The Morgan fingerprint density at radius 2 is 2.05 bits per heavy atom. The molecule has 3 atom stereocenters. The molecule has 2 rings (SSSR count). The standard InChI is InChI=1S/C16H21NO4/c1-3-21-13-9-12(13)14(18)17-10-16(2,15(19)20)11-7-5-4-6-8-11/h4-8,12-13H,3,9-10H2,1-2H3,(H,17,18)(H,19,20). The first kappa shape index (κ1) is 15.5. The quantitative estimate of drug-likeness (QED) is 0.799. The molecule has 2 N–H and O–H groups in total. The second-order valence-electron chi connectivity index (χ2n) is 5.56. The number of carboxylic acids is 1. The Balaban J connectivity index is 1.99. The van der Waals surface area contributed by atoms with Crippen molar-refractivity contribution < 1.29 is 19.4 Å². The van der Waals surface area contributed by atoms with Crippen LogP contribution in [0.5, 0.6) is 0 Å². The van der Waals surface area contributed by atoms with Gasteiger partial charge in [0.15, 0.2) is 0 Å². The molecular formula is C16H21NO4. The maximum absolute atomic E-state index is 12.0. The van der Waals surface area contributed by atoms with E-state index in [0.29, 0.717) is 12.2 Å². The number of carboxylic acid groups (broad SMARTS) is 1. The van der Waals surface area contributed by atoms with Gasteiger partial charge in [0, 0.05) is 13.2 Å². The summed E-state index contributed by atoms with van der Waals surface area (Å²) in [4.78, 5) is 23.6. The molecule has 21 heavy (non-hydrogen) atoms. The molecule has 114 valence electrons. The van der Waals surface area contributed by atoms with Crippen LogP contribution in [-0.4, -0.2) is 36.2 Å². The summed E-state index contributed by atoms with van der Waals surface area (Å²) in [7, 11) is 0. The number of amides is 1. The molecule has 1 fully saturated rings. The van der Waals surface area contributed by atoms with Gasteiger partial charge in [-0.25, -0.2) is 0 Å². The highest BCUT2D eigenvalue weighted by molar-refractivity contribution is 5.85. The summed E-state index contributed by atoms with van der Waals surface area (Å²) in [5, 5.41) is 12.3. The number of carbonyl (C=O) groups excluding carboxylic acids is 1. The highest BCUT2D eigenvalue weighted by Crippen LogP contribution is 2.34. The number of rotatable bonds is 7. The zero-order valence-corrected chi connectivity index (χ0v) is 12.3. The molecule has 0 heterocycles. The minimum atomic E-state index is -1.13. The third kappa shape index (κ3) is 3.42. The van der Waals surface area contributed by atoms with Crippen molar-refractivity contribution in [2.24, 2.45) is 5.92 Å². The van der Waals surface area contributed by atoms with Crippen LogP contribution in [0.1, 0.15) is 25.8 Å². The number of carbonyl (C=O) groups is 2. The molecule has 1 aliphatic rings. The van der Waals surface area contributed by atoms with Crippen molar-refractivity contribution in [3.8, 4) is 0 Å². The molecular weight excluding hydrogens is 270 g/mol. The molecule has 0 bridgehead atoms. The molecule has 1 aromatic carbocycles. The number of hydrogen-bond acceptors (Lipinski definition) is 3. The predicted molar refractivity (Wildman–Crippen MR) is 78.0 cm³/mol. The van der Waals surface area contributed by atoms with Crippen LogP contribution in [0, 0.1) is 5.92 Å². The van der Waals surface area contributed by atoms with Gasteiger partial charge in [-0.15, -0.1) is 0 Å². The molecule has 5 nitrogen and oxygen atoms in total. The first-order valence-corrected chi connectivity index (χ1v) is 7.17. The minimum Gasteiger partial charge on any atom is -0.481 e. The van der Waals surface area contributed by atoms with E-state index in [1.165, 1.54) is 0 Å². The van der Waals surface area contributed by atoms with Crippen molar-refractivity contribution in [3.63, 3.8) is 0 Å². The number of nitrogens with one attached hydrogen (secondary N) is 1. The van der Waals surface area contributed by atoms with Gasteiger partial charge in [-0.05, 0) is 25.8 Å². The normalized spacial score (nSPS) is 23.1. The van der Waals surface area contributed by atoms with Gasteiger partial charge >= 0.3 is 5.97 Å². The molecule has 1 aromatic rings. The molecule has 0 aromatic heterocycles. The fourth-order valence-electron chi connectivity index (χ4n) is 2.35. The van der Waals surface area contributed by atoms with Crippen molar-refractivity contribution in [3.05, 3.63) is 35.9 Å². The molecule has 1 aliphatic carbocycles. The lowest BCUT2D eigenvalue weighted by atomic mass is 9.82. The van der Waals surface area contributed by atoms with Crippen LogP contribution in [0.4, 0.5) is 0 Å². The summed E-state index contributed by atoms with van der Waals surface area (Å²) in [5.74, 6) is -1.22. The Hall–Kier alpha value is -1.88. The summed E-state index contributed by atoms with van der Waals surface area (Å²) in [5.41, 5.74) is -0.456. The third-order valence-corrected chi connectivity index (χ3v) is 3.95. The molecule has 0 aliphatic heterocycles. The molecule has 0 spiro atoms. The largest absolute Gasteiger partial charge is 0.481 e. The highest BCUT2D eigenvalue weighted by atomic mass is 16.5. The summed E-state index contributed by atoms with van der Waals surface area (Å²) in [6.45, 7) is 4.17. The van der Waals surface area contributed by atoms with Gasteiger partial charge in [0.05, 0.1) is 12.0 Å². The number of ether oxygens (including phenoxy) is 1. The van der Waals surface area contributed by atoms with Crippen molar-refractivity contribution in [1.82, 2.24) is 5.32 Å². The fraction of sp³-hybridized carbons (Fsp3) is 0.500. The maximum atomic E-state index is 12.0. The van der Waals surface area contributed by atoms with Crippen LogP contribution in [0.2, 0.25) is 0 Å². The van der Waals surface area contributed by atoms with Crippen LogP contribution in [0.3, 0.4) is 0 Å². The van der Waals surface area contributed by atoms with Crippen LogP contribution >= 0.6 is 0 Å². The second kappa shape index (κ2) is 6.26. The average molecular weight is 291 g/mol. The van der Waals surface area contributed by atoms with Crippen molar-refractivity contribution >= 4 is 11.9 Å². The first-order valence-electron chi connectivity index (χ1n) is 7.17. The zero-order valence-electron chi connectivity index (χ0n) is 12.3. The summed E-state index contributed by atoms with van der Waals surface area (Å²) < 4.78 is 5.37. The Morgan fingerprint density at radius 3 is 2.62 bits per heavy atom. The van der Waals surface area contributed by atoms with E-state index in [2.05, 4.69) is 5.32 Å². The lowest BCUT2D eigenvalue weighted by molar-refractivity contribution is -0.143. The summed E-state index contributed by atoms with van der Waals surface area (Å²) in [6.07, 6.45) is 0.706. The van der Waals surface area contributed by atoms with E-state index in [1.54, 1.807) is 31.2 Å². The van der Waals surface area contributed by atoms with E-state index in [4.69, 9.17) is 4.74 Å². The van der Waals surface area contributed by atoms with Gasteiger partial charge in [0.2, 0.25) is 5.91 Å². The third-order valence-electron chi connectivity index (χ3n) is 3.95. The monoisotopic (exact) mass is 291 g/mol. The first-order chi connectivity index (χ1) is 9.99. The van der Waals surface area contributed by atoms with Crippen LogP contribution < -0.4 is 5.32 Å². The minimum absolute atomic E-state index is 0.0113. The van der Waals surface area contributed by atoms with Crippen molar-refractivity contribution in [2.75, 3.05) is 13.2 Å². The van der Waals surface area contributed by atoms with Gasteiger partial charge in [-0.1, -0.05) is 30.3 Å². The van der Waals surface area contributed by atoms with Crippen molar-refractivity contribution in [2.45, 2.75) is 31.8 Å². The number of aliphatic carboxylic acids is 1. The van der Waals surface area contributed by atoms with E-state index in [0.717, 1.165) is 6.42 Å². The second-order valence-corrected chi connectivity index (χ2v) is 5.56. The Kier molecular flexibility index (Phi) is 4.63. The molecule has 5 heteroatoms. The van der Waals surface area contributed by atoms with Crippen LogP contribution in [0.15, 0.2) is 30.3 Å². The van der Waals surface area contributed by atoms with E-state index < -0.39 is 11.4 Å². The predicted octanol–water partition coefficient (Wildman–Crippen LogP) is 1.57. The van der Waals surface area contributed by atoms with Gasteiger partial charge in [0.25, 0.3) is 0 Å². The van der Waals surface area contributed by atoms with Gasteiger partial charge in [0.1, 0.15) is 5.41 Å².